The molecule has 0 aromatic heterocycles. The van der Waals surface area contributed by atoms with Crippen LogP contribution < -0.4 is 4.74 Å². The maximum atomic E-state index is 11.7. The summed E-state index contributed by atoms with van der Waals surface area (Å²) in [4.78, 5) is 14.2. The highest BCUT2D eigenvalue weighted by Gasteiger charge is 2.22. The average Bonchev–Trinajstić information content (AvgIpc) is 2.76. The van der Waals surface area contributed by atoms with E-state index in [0.29, 0.717) is 17.8 Å². The van der Waals surface area contributed by atoms with Gasteiger partial charge in [0, 0.05) is 23.6 Å². The fourth-order valence-corrected chi connectivity index (χ4v) is 4.05. The Morgan fingerprint density at radius 1 is 0.970 bits per heavy atom. The van der Waals surface area contributed by atoms with Crippen molar-refractivity contribution < 1.29 is 24.1 Å². The summed E-state index contributed by atoms with van der Waals surface area (Å²) in [7, 11) is 0. The molecule has 6 heteroatoms. The fourth-order valence-electron chi connectivity index (χ4n) is 4.05. The summed E-state index contributed by atoms with van der Waals surface area (Å²) in [5.41, 5.74) is 2.94. The molecule has 182 valence electrons. The van der Waals surface area contributed by atoms with E-state index in [1.807, 2.05) is 36.4 Å². The second-order valence-electron chi connectivity index (χ2n) is 9.03. The average molecular weight is 458 g/mol. The molecule has 0 spiro atoms. The molecule has 0 saturated carbocycles. The maximum absolute atomic E-state index is 11.7. The van der Waals surface area contributed by atoms with Crippen LogP contribution in [-0.4, -0.2) is 47.7 Å². The zero-order valence-corrected chi connectivity index (χ0v) is 20.8. The van der Waals surface area contributed by atoms with Gasteiger partial charge in [-0.2, -0.15) is 0 Å². The van der Waals surface area contributed by atoms with Gasteiger partial charge >= 0.3 is 6.16 Å². The van der Waals surface area contributed by atoms with E-state index >= 15 is 0 Å². The third kappa shape index (κ3) is 8.37. The Labute approximate surface area is 198 Å². The number of aliphatic hydroxyl groups is 1. The quantitative estimate of drug-likeness (QED) is 0.325. The standard InChI is InChI=1S/C27H39NO5/c1-19(2)28(20(3)4)15-14-24(23-10-8-7-9-11-23)25-16-22(17-29)12-13-26(25)31-18-32-27(30)33-21(5)6/h7-13,16,19-21,24,29H,14-15,17-18H2,1-6H3/t24-/m1/s1. The predicted molar refractivity (Wildman–Crippen MR) is 130 cm³/mol. The molecule has 2 rings (SSSR count). The Kier molecular flexibility index (Phi) is 10.7. The number of hydrogen-bond acceptors (Lipinski definition) is 6. The first kappa shape index (κ1) is 26.7. The Morgan fingerprint density at radius 3 is 2.21 bits per heavy atom. The lowest BCUT2D eigenvalue weighted by Crippen LogP contribution is -2.38. The maximum Gasteiger partial charge on any atom is 0.511 e. The second-order valence-corrected chi connectivity index (χ2v) is 9.03. The Hall–Kier alpha value is -2.57. The van der Waals surface area contributed by atoms with Crippen LogP contribution in [0.15, 0.2) is 48.5 Å². The van der Waals surface area contributed by atoms with Gasteiger partial charge in [-0.3, -0.25) is 4.90 Å². The molecular formula is C27H39NO5. The van der Waals surface area contributed by atoms with Crippen LogP contribution in [0.2, 0.25) is 0 Å². The van der Waals surface area contributed by atoms with E-state index in [4.69, 9.17) is 14.2 Å². The Morgan fingerprint density at radius 2 is 1.64 bits per heavy atom. The summed E-state index contributed by atoms with van der Waals surface area (Å²) in [6.07, 6.45) is -0.145. The van der Waals surface area contributed by atoms with Crippen LogP contribution >= 0.6 is 0 Å². The van der Waals surface area contributed by atoms with Crippen molar-refractivity contribution in [2.24, 2.45) is 0 Å². The fraction of sp³-hybridized carbons (Fsp3) is 0.519. The molecule has 0 radical (unpaired) electrons. The van der Waals surface area contributed by atoms with Crippen LogP contribution in [0.5, 0.6) is 5.75 Å². The number of hydrogen-bond donors (Lipinski definition) is 1. The molecule has 0 saturated heterocycles. The van der Waals surface area contributed by atoms with Crippen molar-refractivity contribution in [1.82, 2.24) is 4.90 Å². The summed E-state index contributed by atoms with van der Waals surface area (Å²) in [6, 6.07) is 16.8. The van der Waals surface area contributed by atoms with Gasteiger partial charge < -0.3 is 19.3 Å². The number of aliphatic hydroxyl groups excluding tert-OH is 1. The van der Waals surface area contributed by atoms with E-state index in [1.165, 1.54) is 5.56 Å². The van der Waals surface area contributed by atoms with Crippen molar-refractivity contribution in [3.8, 4) is 5.75 Å². The number of carbonyl (C=O) groups excluding carboxylic acids is 1. The topological polar surface area (TPSA) is 68.2 Å². The van der Waals surface area contributed by atoms with Crippen LogP contribution in [0, 0.1) is 0 Å². The van der Waals surface area contributed by atoms with Crippen molar-refractivity contribution in [3.05, 3.63) is 65.2 Å². The zero-order valence-electron chi connectivity index (χ0n) is 20.8. The van der Waals surface area contributed by atoms with Crippen LogP contribution in [0.25, 0.3) is 0 Å². The van der Waals surface area contributed by atoms with Crippen molar-refractivity contribution in [2.45, 2.75) is 78.7 Å². The van der Waals surface area contributed by atoms with Gasteiger partial charge in [-0.1, -0.05) is 36.4 Å². The van der Waals surface area contributed by atoms with Crippen LogP contribution in [0.1, 0.15) is 70.6 Å². The molecule has 33 heavy (non-hydrogen) atoms. The molecule has 0 aliphatic heterocycles. The number of nitrogens with zero attached hydrogens (tertiary/aromatic N) is 1. The first-order valence-corrected chi connectivity index (χ1v) is 11.7. The van der Waals surface area contributed by atoms with E-state index in [9.17, 15) is 9.90 Å². The predicted octanol–water partition coefficient (Wildman–Crippen LogP) is 5.72. The van der Waals surface area contributed by atoms with Gasteiger partial charge in [0.05, 0.1) is 12.7 Å². The second kappa shape index (κ2) is 13.2. The molecule has 6 nitrogen and oxygen atoms in total. The molecule has 0 amide bonds. The summed E-state index contributed by atoms with van der Waals surface area (Å²) in [5, 5.41) is 9.77. The van der Waals surface area contributed by atoms with Gasteiger partial charge in [-0.15, -0.1) is 0 Å². The highest BCUT2D eigenvalue weighted by atomic mass is 16.8. The minimum Gasteiger partial charge on any atom is -0.457 e. The van der Waals surface area contributed by atoms with Crippen LogP contribution in [0.3, 0.4) is 0 Å². The van der Waals surface area contributed by atoms with Gasteiger partial charge in [-0.05, 0) is 77.8 Å². The number of rotatable bonds is 12. The highest BCUT2D eigenvalue weighted by Crippen LogP contribution is 2.36. The minimum atomic E-state index is -0.761. The zero-order chi connectivity index (χ0) is 24.4. The molecule has 0 aliphatic rings. The van der Waals surface area contributed by atoms with Gasteiger partial charge in [0.25, 0.3) is 0 Å². The largest absolute Gasteiger partial charge is 0.511 e. The lowest BCUT2D eigenvalue weighted by molar-refractivity contribution is -0.00850. The summed E-state index contributed by atoms with van der Waals surface area (Å²) >= 11 is 0. The lowest BCUT2D eigenvalue weighted by Gasteiger charge is -2.32. The first-order chi connectivity index (χ1) is 15.7. The molecule has 1 atom stereocenters. The molecule has 2 aromatic carbocycles. The molecule has 0 unspecified atom stereocenters. The molecule has 0 heterocycles. The minimum absolute atomic E-state index is 0.0512. The summed E-state index contributed by atoms with van der Waals surface area (Å²) < 4.78 is 16.0. The van der Waals surface area contributed by atoms with E-state index in [2.05, 4.69) is 44.7 Å². The van der Waals surface area contributed by atoms with Gasteiger partial charge in [0.2, 0.25) is 6.79 Å². The third-order valence-corrected chi connectivity index (χ3v) is 5.56. The molecular weight excluding hydrogens is 418 g/mol. The van der Waals surface area contributed by atoms with Gasteiger partial charge in [-0.25, -0.2) is 4.79 Å². The van der Waals surface area contributed by atoms with E-state index in [1.54, 1.807) is 13.8 Å². The molecule has 0 aliphatic carbocycles. The summed E-state index contributed by atoms with van der Waals surface area (Å²) in [5.74, 6) is 0.675. The van der Waals surface area contributed by atoms with Crippen molar-refractivity contribution >= 4 is 6.16 Å². The van der Waals surface area contributed by atoms with Crippen LogP contribution in [0.4, 0.5) is 4.79 Å². The number of ether oxygens (including phenoxy) is 3. The first-order valence-electron chi connectivity index (χ1n) is 11.7. The SMILES string of the molecule is CC(C)OC(=O)OCOc1ccc(CO)cc1[C@H](CCN(C(C)C)C(C)C)c1ccccc1. The van der Waals surface area contributed by atoms with Gasteiger partial charge in [0.1, 0.15) is 5.75 Å². The molecule has 0 bridgehead atoms. The summed E-state index contributed by atoms with van der Waals surface area (Å²) in [6.45, 7) is 13.0. The van der Waals surface area contributed by atoms with Gasteiger partial charge in [0.15, 0.2) is 0 Å². The molecule has 0 fully saturated rings. The lowest BCUT2D eigenvalue weighted by atomic mass is 9.86. The number of carbonyl (C=O) groups is 1. The van der Waals surface area contributed by atoms with E-state index in [0.717, 1.165) is 24.1 Å². The normalized spacial score (nSPS) is 12.5. The van der Waals surface area contributed by atoms with Crippen LogP contribution in [-0.2, 0) is 16.1 Å². The Bertz CT molecular complexity index is 843. The Balaban J connectivity index is 2.32. The van der Waals surface area contributed by atoms with Crippen molar-refractivity contribution in [3.63, 3.8) is 0 Å². The van der Waals surface area contributed by atoms with E-state index in [-0.39, 0.29) is 25.4 Å². The molecule has 1 N–H and O–H groups in total. The van der Waals surface area contributed by atoms with Crippen molar-refractivity contribution in [2.75, 3.05) is 13.3 Å². The van der Waals surface area contributed by atoms with E-state index < -0.39 is 6.16 Å². The molecule has 2 aromatic rings. The number of benzene rings is 2. The highest BCUT2D eigenvalue weighted by molar-refractivity contribution is 5.59. The van der Waals surface area contributed by atoms with Crippen molar-refractivity contribution in [1.29, 1.82) is 0 Å². The monoisotopic (exact) mass is 457 g/mol. The smallest absolute Gasteiger partial charge is 0.457 e. The third-order valence-electron chi connectivity index (χ3n) is 5.56.